The van der Waals surface area contributed by atoms with E-state index in [4.69, 9.17) is 5.26 Å². The Morgan fingerprint density at radius 2 is 2.10 bits per heavy atom. The van der Waals surface area contributed by atoms with E-state index in [9.17, 15) is 9.59 Å². The summed E-state index contributed by atoms with van der Waals surface area (Å²) in [7, 11) is 1.22. The van der Waals surface area contributed by atoms with Gasteiger partial charge >= 0.3 is 5.97 Å². The first-order valence-corrected chi connectivity index (χ1v) is 5.90. The number of benzene rings is 1. The third-order valence-electron chi connectivity index (χ3n) is 2.51. The third-order valence-corrected chi connectivity index (χ3v) is 2.51. The minimum Gasteiger partial charge on any atom is -0.463 e. The van der Waals surface area contributed by atoms with Gasteiger partial charge < -0.3 is 10.1 Å². The summed E-state index contributed by atoms with van der Waals surface area (Å²) in [6.07, 6.45) is 1.27. The number of anilines is 1. The summed E-state index contributed by atoms with van der Waals surface area (Å²) in [5, 5.41) is 15.1. The highest BCUT2D eigenvalue weighted by molar-refractivity contribution is 5.90. The number of amides is 1. The highest BCUT2D eigenvalue weighted by Crippen LogP contribution is 2.08. The molecule has 0 aliphatic carbocycles. The Balaban J connectivity index is 1.96. The molecule has 106 valence electrons. The summed E-state index contributed by atoms with van der Waals surface area (Å²) in [5.41, 5.74) is 1.07. The number of methoxy groups -OCH3 is 1. The van der Waals surface area contributed by atoms with Gasteiger partial charge in [-0.15, -0.1) is 5.10 Å². The number of nitrogens with zero attached hydrogens (tertiary/aromatic N) is 4. The lowest BCUT2D eigenvalue weighted by atomic mass is 10.2. The van der Waals surface area contributed by atoms with Crippen molar-refractivity contribution in [3.63, 3.8) is 0 Å². The van der Waals surface area contributed by atoms with Gasteiger partial charge in [-0.05, 0) is 24.3 Å². The van der Waals surface area contributed by atoms with Gasteiger partial charge in [0, 0.05) is 5.69 Å². The molecule has 0 spiro atoms. The van der Waals surface area contributed by atoms with E-state index >= 15 is 0 Å². The van der Waals surface area contributed by atoms with Crippen LogP contribution in [0.5, 0.6) is 0 Å². The van der Waals surface area contributed by atoms with E-state index in [0.29, 0.717) is 11.3 Å². The maximum atomic E-state index is 11.8. The van der Waals surface area contributed by atoms with E-state index in [1.165, 1.54) is 18.1 Å². The Bertz CT molecular complexity index is 699. The van der Waals surface area contributed by atoms with Crippen molar-refractivity contribution in [1.82, 2.24) is 14.8 Å². The second-order valence-corrected chi connectivity index (χ2v) is 3.99. The third kappa shape index (κ3) is 3.63. The van der Waals surface area contributed by atoms with Crippen LogP contribution in [0.15, 0.2) is 30.6 Å². The van der Waals surface area contributed by atoms with Gasteiger partial charge in [0.05, 0.1) is 18.7 Å². The molecule has 0 saturated heterocycles. The summed E-state index contributed by atoms with van der Waals surface area (Å²) < 4.78 is 5.70. The van der Waals surface area contributed by atoms with Crippen molar-refractivity contribution >= 4 is 17.6 Å². The second kappa shape index (κ2) is 6.29. The monoisotopic (exact) mass is 285 g/mol. The van der Waals surface area contributed by atoms with Gasteiger partial charge in [-0.2, -0.15) is 5.26 Å². The average molecular weight is 285 g/mol. The van der Waals surface area contributed by atoms with Gasteiger partial charge in [-0.3, -0.25) is 4.79 Å². The molecule has 0 fully saturated rings. The van der Waals surface area contributed by atoms with Gasteiger partial charge in [0.2, 0.25) is 5.91 Å². The Hall–Kier alpha value is -3.21. The molecule has 1 aromatic heterocycles. The fraction of sp³-hybridized carbons (Fsp3) is 0.154. The molecule has 1 heterocycles. The van der Waals surface area contributed by atoms with Crippen LogP contribution in [0.1, 0.15) is 16.2 Å². The van der Waals surface area contributed by atoms with E-state index < -0.39 is 5.97 Å². The molecule has 0 saturated carbocycles. The number of ether oxygens (including phenoxy) is 1. The SMILES string of the molecule is COC(=O)c1ncn(CC(=O)Nc2ccc(C#N)cc2)n1. The summed E-state index contributed by atoms with van der Waals surface area (Å²) in [5.74, 6) is -1.11. The molecule has 0 atom stereocenters. The Morgan fingerprint density at radius 3 is 2.71 bits per heavy atom. The van der Waals surface area contributed by atoms with E-state index in [2.05, 4.69) is 20.1 Å². The number of aromatic nitrogens is 3. The predicted molar refractivity (Wildman–Crippen MR) is 71.1 cm³/mol. The molecule has 1 amide bonds. The smallest absolute Gasteiger partial charge is 0.377 e. The summed E-state index contributed by atoms with van der Waals surface area (Å²) in [6.45, 7) is -0.0933. The molecule has 0 bridgehead atoms. The van der Waals surface area contributed by atoms with Crippen LogP contribution in [-0.4, -0.2) is 33.8 Å². The van der Waals surface area contributed by atoms with Crippen LogP contribution < -0.4 is 5.32 Å². The van der Waals surface area contributed by atoms with Crippen molar-refractivity contribution in [2.45, 2.75) is 6.54 Å². The normalized spacial score (nSPS) is 9.71. The summed E-state index contributed by atoms with van der Waals surface area (Å²) in [4.78, 5) is 26.7. The lowest BCUT2D eigenvalue weighted by Crippen LogP contribution is -2.19. The molecular formula is C13H11N5O3. The zero-order valence-corrected chi connectivity index (χ0v) is 11.1. The van der Waals surface area contributed by atoms with Crippen LogP contribution >= 0.6 is 0 Å². The molecule has 2 rings (SSSR count). The van der Waals surface area contributed by atoms with Crippen molar-refractivity contribution < 1.29 is 14.3 Å². The van der Waals surface area contributed by atoms with E-state index in [0.717, 1.165) is 0 Å². The van der Waals surface area contributed by atoms with Crippen LogP contribution in [0.2, 0.25) is 0 Å². The average Bonchev–Trinajstić information content (AvgIpc) is 2.95. The predicted octanol–water partition coefficient (Wildman–Crippen LogP) is 0.575. The number of hydrogen-bond acceptors (Lipinski definition) is 6. The molecule has 0 radical (unpaired) electrons. The number of esters is 1. The Kier molecular flexibility index (Phi) is 4.26. The Morgan fingerprint density at radius 1 is 1.38 bits per heavy atom. The number of carbonyl (C=O) groups is 2. The molecular weight excluding hydrogens is 274 g/mol. The molecule has 0 aliphatic heterocycles. The molecule has 8 nitrogen and oxygen atoms in total. The second-order valence-electron chi connectivity index (χ2n) is 3.99. The van der Waals surface area contributed by atoms with Crippen molar-refractivity contribution in [2.75, 3.05) is 12.4 Å². The quantitative estimate of drug-likeness (QED) is 0.822. The molecule has 2 aromatic rings. The molecule has 0 aliphatic rings. The van der Waals surface area contributed by atoms with Gasteiger partial charge in [-0.1, -0.05) is 0 Å². The molecule has 1 aromatic carbocycles. The molecule has 0 unspecified atom stereocenters. The van der Waals surface area contributed by atoms with Gasteiger partial charge in [0.25, 0.3) is 5.82 Å². The zero-order valence-electron chi connectivity index (χ0n) is 11.1. The Labute approximate surface area is 120 Å². The van der Waals surface area contributed by atoms with Crippen LogP contribution in [-0.2, 0) is 16.1 Å². The van der Waals surface area contributed by atoms with Gasteiger partial charge in [0.1, 0.15) is 12.9 Å². The lowest BCUT2D eigenvalue weighted by molar-refractivity contribution is -0.116. The van der Waals surface area contributed by atoms with Gasteiger partial charge in [0.15, 0.2) is 0 Å². The number of nitrogens with one attached hydrogen (secondary N) is 1. The van der Waals surface area contributed by atoms with Crippen molar-refractivity contribution in [2.24, 2.45) is 0 Å². The maximum absolute atomic E-state index is 11.8. The van der Waals surface area contributed by atoms with E-state index in [1.54, 1.807) is 24.3 Å². The highest BCUT2D eigenvalue weighted by atomic mass is 16.5. The zero-order chi connectivity index (χ0) is 15.2. The first-order chi connectivity index (χ1) is 10.1. The molecule has 21 heavy (non-hydrogen) atoms. The summed E-state index contributed by atoms with van der Waals surface area (Å²) >= 11 is 0. The van der Waals surface area contributed by atoms with E-state index in [1.807, 2.05) is 6.07 Å². The van der Waals surface area contributed by atoms with E-state index in [-0.39, 0.29) is 18.3 Å². The minimum atomic E-state index is -0.666. The number of nitriles is 1. The van der Waals surface area contributed by atoms with Crippen LogP contribution in [0.3, 0.4) is 0 Å². The van der Waals surface area contributed by atoms with Crippen molar-refractivity contribution in [3.8, 4) is 6.07 Å². The standard InChI is InChI=1S/C13H11N5O3/c1-21-13(20)12-15-8-18(17-12)7-11(19)16-10-4-2-9(6-14)3-5-10/h2-5,8H,7H2,1H3,(H,16,19). The number of hydrogen-bond donors (Lipinski definition) is 1. The van der Waals surface area contributed by atoms with Gasteiger partial charge in [-0.25, -0.2) is 14.5 Å². The topological polar surface area (TPSA) is 110 Å². The fourth-order valence-corrected chi connectivity index (χ4v) is 1.53. The minimum absolute atomic E-state index is 0.0933. The van der Waals surface area contributed by atoms with Crippen LogP contribution in [0.25, 0.3) is 0 Å². The fourth-order valence-electron chi connectivity index (χ4n) is 1.53. The summed E-state index contributed by atoms with van der Waals surface area (Å²) in [6, 6.07) is 8.43. The van der Waals surface area contributed by atoms with Crippen molar-refractivity contribution in [3.05, 3.63) is 42.0 Å². The first kappa shape index (κ1) is 14.2. The maximum Gasteiger partial charge on any atom is 0.377 e. The molecule has 1 N–H and O–H groups in total. The van der Waals surface area contributed by atoms with Crippen LogP contribution in [0, 0.1) is 11.3 Å². The number of rotatable bonds is 4. The lowest BCUT2D eigenvalue weighted by Gasteiger charge is -2.04. The molecule has 8 heteroatoms. The van der Waals surface area contributed by atoms with Crippen molar-refractivity contribution in [1.29, 1.82) is 5.26 Å². The highest BCUT2D eigenvalue weighted by Gasteiger charge is 2.12. The largest absolute Gasteiger partial charge is 0.463 e. The van der Waals surface area contributed by atoms with Crippen LogP contribution in [0.4, 0.5) is 5.69 Å². The number of carbonyl (C=O) groups excluding carboxylic acids is 2. The first-order valence-electron chi connectivity index (χ1n) is 5.90.